The average molecular weight is 278 g/mol. The lowest BCUT2D eigenvalue weighted by Gasteiger charge is -2.06. The summed E-state index contributed by atoms with van der Waals surface area (Å²) < 4.78 is 16.1. The number of benzene rings is 1. The molecular formula is C13H14N2O3S. The van der Waals surface area contributed by atoms with E-state index in [1.54, 1.807) is 18.4 Å². The van der Waals surface area contributed by atoms with Gasteiger partial charge in [-0.3, -0.25) is 0 Å². The molecule has 0 aliphatic carbocycles. The molecule has 100 valence electrons. The Hall–Kier alpha value is -1.95. The van der Waals surface area contributed by atoms with Crippen LogP contribution in [0.2, 0.25) is 0 Å². The molecule has 0 fully saturated rings. The van der Waals surface area contributed by atoms with E-state index in [-0.39, 0.29) is 6.79 Å². The van der Waals surface area contributed by atoms with E-state index in [9.17, 15) is 0 Å². The summed E-state index contributed by atoms with van der Waals surface area (Å²) in [6.07, 6.45) is 1.85. The zero-order valence-electron chi connectivity index (χ0n) is 10.7. The lowest BCUT2D eigenvalue weighted by molar-refractivity contribution is 0.171. The van der Waals surface area contributed by atoms with E-state index in [0.29, 0.717) is 17.2 Å². The summed E-state index contributed by atoms with van der Waals surface area (Å²) in [6.45, 7) is 3.14. The first kappa shape index (κ1) is 12.1. The largest absolute Gasteiger partial charge is 0.493 e. The minimum Gasteiger partial charge on any atom is -0.493 e. The van der Waals surface area contributed by atoms with Gasteiger partial charge in [-0.15, -0.1) is 0 Å². The quantitative estimate of drug-likeness (QED) is 0.931. The molecule has 1 aliphatic heterocycles. The number of nitrogens with zero attached hydrogens (tertiary/aromatic N) is 1. The summed E-state index contributed by atoms with van der Waals surface area (Å²) in [5.41, 5.74) is 1.02. The first-order valence-electron chi connectivity index (χ1n) is 5.99. The van der Waals surface area contributed by atoms with Gasteiger partial charge >= 0.3 is 0 Å². The highest BCUT2D eigenvalue weighted by Gasteiger charge is 2.21. The second-order valence-electron chi connectivity index (χ2n) is 3.97. The molecule has 0 saturated carbocycles. The van der Waals surface area contributed by atoms with Crippen LogP contribution in [0.5, 0.6) is 17.2 Å². The van der Waals surface area contributed by atoms with E-state index >= 15 is 0 Å². The molecule has 0 spiro atoms. The van der Waals surface area contributed by atoms with Crippen LogP contribution < -0.4 is 19.5 Å². The number of hydrogen-bond donors (Lipinski definition) is 1. The van der Waals surface area contributed by atoms with Crippen molar-refractivity contribution in [2.24, 2.45) is 0 Å². The number of anilines is 1. The van der Waals surface area contributed by atoms with Crippen molar-refractivity contribution in [1.82, 2.24) is 4.98 Å². The summed E-state index contributed by atoms with van der Waals surface area (Å²) in [6, 6.07) is 3.89. The van der Waals surface area contributed by atoms with Crippen LogP contribution in [-0.4, -0.2) is 25.4 Å². The molecule has 1 aliphatic rings. The fourth-order valence-corrected chi connectivity index (χ4v) is 2.78. The van der Waals surface area contributed by atoms with Crippen LogP contribution in [0.25, 0.3) is 10.4 Å². The van der Waals surface area contributed by atoms with E-state index in [1.165, 1.54) is 0 Å². The summed E-state index contributed by atoms with van der Waals surface area (Å²) in [4.78, 5) is 5.39. The second kappa shape index (κ2) is 4.97. The number of nitrogens with one attached hydrogen (secondary N) is 1. The molecule has 0 radical (unpaired) electrons. The normalized spacial score (nSPS) is 12.5. The third kappa shape index (κ3) is 2.19. The first-order chi connectivity index (χ1) is 9.31. The van der Waals surface area contributed by atoms with E-state index < -0.39 is 0 Å². The molecule has 0 saturated heterocycles. The van der Waals surface area contributed by atoms with Crippen molar-refractivity contribution in [3.8, 4) is 27.7 Å². The van der Waals surface area contributed by atoms with Crippen molar-refractivity contribution >= 4 is 16.5 Å². The minimum atomic E-state index is 0.237. The Labute approximate surface area is 115 Å². The van der Waals surface area contributed by atoms with Crippen LogP contribution in [-0.2, 0) is 0 Å². The van der Waals surface area contributed by atoms with Gasteiger partial charge in [0.05, 0.1) is 12.0 Å². The van der Waals surface area contributed by atoms with Crippen LogP contribution >= 0.6 is 11.3 Å². The molecule has 3 rings (SSSR count). The Morgan fingerprint density at radius 2 is 2.32 bits per heavy atom. The summed E-state index contributed by atoms with van der Waals surface area (Å²) in [5, 5.41) is 4.11. The molecule has 1 aromatic heterocycles. The van der Waals surface area contributed by atoms with Crippen LogP contribution in [0.3, 0.4) is 0 Å². The first-order valence-corrected chi connectivity index (χ1v) is 6.81. The van der Waals surface area contributed by atoms with Gasteiger partial charge in [-0.1, -0.05) is 11.3 Å². The number of aromatic nitrogens is 1. The molecule has 2 heterocycles. The lowest BCUT2D eigenvalue weighted by Crippen LogP contribution is -1.94. The Bertz CT molecular complexity index is 598. The molecule has 2 aromatic rings. The van der Waals surface area contributed by atoms with Crippen LogP contribution in [0.1, 0.15) is 6.92 Å². The van der Waals surface area contributed by atoms with E-state index in [1.807, 2.05) is 25.3 Å². The molecule has 0 bridgehead atoms. The predicted molar refractivity (Wildman–Crippen MR) is 74.4 cm³/mol. The highest BCUT2D eigenvalue weighted by molar-refractivity contribution is 7.18. The van der Waals surface area contributed by atoms with Crippen molar-refractivity contribution in [3.05, 3.63) is 18.3 Å². The van der Waals surface area contributed by atoms with Gasteiger partial charge < -0.3 is 19.5 Å². The number of hydrogen-bond acceptors (Lipinski definition) is 6. The van der Waals surface area contributed by atoms with Gasteiger partial charge in [0, 0.05) is 18.3 Å². The van der Waals surface area contributed by atoms with E-state index in [0.717, 1.165) is 22.1 Å². The molecule has 19 heavy (non-hydrogen) atoms. The smallest absolute Gasteiger partial charge is 0.231 e. The molecule has 0 amide bonds. The monoisotopic (exact) mass is 278 g/mol. The number of thiazole rings is 1. The lowest BCUT2D eigenvalue weighted by atomic mass is 10.1. The molecular weight excluding hydrogens is 264 g/mol. The molecule has 1 aromatic carbocycles. The van der Waals surface area contributed by atoms with Crippen molar-refractivity contribution in [2.45, 2.75) is 6.92 Å². The zero-order chi connectivity index (χ0) is 13.2. The highest BCUT2D eigenvalue weighted by atomic mass is 32.1. The van der Waals surface area contributed by atoms with Gasteiger partial charge in [-0.05, 0) is 19.1 Å². The Morgan fingerprint density at radius 1 is 1.42 bits per heavy atom. The van der Waals surface area contributed by atoms with Gasteiger partial charge in [0.15, 0.2) is 16.6 Å². The fourth-order valence-electron chi connectivity index (χ4n) is 1.91. The van der Waals surface area contributed by atoms with Crippen molar-refractivity contribution < 1.29 is 14.2 Å². The van der Waals surface area contributed by atoms with Crippen LogP contribution in [0, 0.1) is 0 Å². The topological polar surface area (TPSA) is 52.6 Å². The molecule has 0 unspecified atom stereocenters. The van der Waals surface area contributed by atoms with Crippen LogP contribution in [0.15, 0.2) is 18.3 Å². The van der Waals surface area contributed by atoms with Gasteiger partial charge in [-0.2, -0.15) is 0 Å². The molecule has 5 nitrogen and oxygen atoms in total. The summed E-state index contributed by atoms with van der Waals surface area (Å²) in [7, 11) is 1.62. The van der Waals surface area contributed by atoms with E-state index in [4.69, 9.17) is 14.2 Å². The maximum Gasteiger partial charge on any atom is 0.231 e. The highest BCUT2D eigenvalue weighted by Crippen LogP contribution is 2.45. The average Bonchev–Trinajstić information content (AvgIpc) is 3.06. The Kier molecular flexibility index (Phi) is 3.16. The molecule has 0 atom stereocenters. The number of fused-ring (bicyclic) bond motifs is 1. The van der Waals surface area contributed by atoms with Gasteiger partial charge in [0.2, 0.25) is 12.5 Å². The third-order valence-corrected chi connectivity index (χ3v) is 3.78. The van der Waals surface area contributed by atoms with Crippen molar-refractivity contribution in [1.29, 1.82) is 0 Å². The molecule has 1 N–H and O–H groups in total. The standard InChI is InChI=1S/C13H14N2O3S/c1-3-14-13-15-6-11(19-13)8-4-9(16-2)12-10(5-8)17-7-18-12/h4-6H,3,7H2,1-2H3,(H,14,15). The minimum absolute atomic E-state index is 0.237. The SMILES string of the molecule is CCNc1ncc(-c2cc(OC)c3c(c2)OCO3)s1. The third-order valence-electron chi connectivity index (χ3n) is 2.78. The number of ether oxygens (including phenoxy) is 3. The van der Waals surface area contributed by atoms with Crippen molar-refractivity contribution in [2.75, 3.05) is 25.8 Å². The summed E-state index contributed by atoms with van der Waals surface area (Å²) >= 11 is 1.60. The summed E-state index contributed by atoms with van der Waals surface area (Å²) in [5.74, 6) is 2.07. The maximum atomic E-state index is 5.42. The molecule has 6 heteroatoms. The van der Waals surface area contributed by atoms with Gasteiger partial charge in [0.25, 0.3) is 0 Å². The van der Waals surface area contributed by atoms with Gasteiger partial charge in [-0.25, -0.2) is 4.98 Å². The Balaban J connectivity index is 2.00. The maximum absolute atomic E-state index is 5.42. The van der Waals surface area contributed by atoms with Gasteiger partial charge in [0.1, 0.15) is 0 Å². The predicted octanol–water partition coefficient (Wildman–Crippen LogP) is 2.98. The van der Waals surface area contributed by atoms with Crippen molar-refractivity contribution in [3.63, 3.8) is 0 Å². The number of methoxy groups -OCH3 is 1. The van der Waals surface area contributed by atoms with E-state index in [2.05, 4.69) is 10.3 Å². The Morgan fingerprint density at radius 3 is 3.11 bits per heavy atom. The van der Waals surface area contributed by atoms with Crippen LogP contribution in [0.4, 0.5) is 5.13 Å². The fraction of sp³-hybridized carbons (Fsp3) is 0.308. The second-order valence-corrected chi connectivity index (χ2v) is 5.00. The zero-order valence-corrected chi connectivity index (χ0v) is 11.5. The number of rotatable bonds is 4.